The molecule has 2 aromatic carbocycles. The molecule has 0 saturated carbocycles. The second-order valence-corrected chi connectivity index (χ2v) is 9.54. The first-order valence-corrected chi connectivity index (χ1v) is 10.4. The number of hydrogen-bond donors (Lipinski definition) is 0. The van der Waals surface area contributed by atoms with Crippen LogP contribution < -0.4 is 4.90 Å². The number of nitrogens with zero attached hydrogens (tertiary/aromatic N) is 1. The average molecular weight is 455 g/mol. The summed E-state index contributed by atoms with van der Waals surface area (Å²) in [7, 11) is 0. The van der Waals surface area contributed by atoms with E-state index < -0.39 is 17.5 Å². The van der Waals surface area contributed by atoms with Crippen LogP contribution in [-0.2, 0) is 14.3 Å². The van der Waals surface area contributed by atoms with E-state index in [1.807, 2.05) is 39.0 Å². The van der Waals surface area contributed by atoms with Crippen LogP contribution in [0.2, 0.25) is 10.0 Å². The fourth-order valence-electron chi connectivity index (χ4n) is 3.42. The Labute approximate surface area is 185 Å². The summed E-state index contributed by atoms with van der Waals surface area (Å²) < 4.78 is 6.19. The zero-order valence-electron chi connectivity index (χ0n) is 16.4. The number of halogens is 3. The van der Waals surface area contributed by atoms with Crippen LogP contribution in [0.15, 0.2) is 42.5 Å². The molecule has 0 N–H and O–H groups in total. The first-order valence-electron chi connectivity index (χ1n) is 9.26. The quantitative estimate of drug-likeness (QED) is 0.531. The van der Waals surface area contributed by atoms with Gasteiger partial charge in [0.25, 0.3) is 5.91 Å². The third-order valence-electron chi connectivity index (χ3n) is 4.57. The predicted molar refractivity (Wildman–Crippen MR) is 117 cm³/mol. The van der Waals surface area contributed by atoms with Crippen molar-refractivity contribution >= 4 is 51.6 Å². The highest BCUT2D eigenvalue weighted by Gasteiger charge is 2.39. The highest BCUT2D eigenvalue weighted by atomic mass is 35.5. The monoisotopic (exact) mass is 453 g/mol. The Morgan fingerprint density at radius 1 is 1.10 bits per heavy atom. The molecule has 2 atom stereocenters. The molecule has 0 aliphatic carbocycles. The van der Waals surface area contributed by atoms with Crippen molar-refractivity contribution in [3.05, 3.63) is 63.6 Å². The van der Waals surface area contributed by atoms with Gasteiger partial charge in [-0.15, -0.1) is 0 Å². The first-order chi connectivity index (χ1) is 13.6. The van der Waals surface area contributed by atoms with Crippen molar-refractivity contribution in [1.29, 1.82) is 0 Å². The van der Waals surface area contributed by atoms with Gasteiger partial charge >= 0.3 is 0 Å². The van der Waals surface area contributed by atoms with E-state index in [-0.39, 0.29) is 17.7 Å². The third-order valence-corrected chi connectivity index (χ3v) is 5.30. The maximum Gasteiger partial charge on any atom is 0.256 e. The maximum absolute atomic E-state index is 13.4. The van der Waals surface area contributed by atoms with E-state index in [4.69, 9.17) is 39.5 Å². The van der Waals surface area contributed by atoms with Gasteiger partial charge in [0.05, 0.1) is 6.42 Å². The van der Waals surface area contributed by atoms with E-state index in [0.717, 1.165) is 0 Å². The molecule has 1 amide bonds. The van der Waals surface area contributed by atoms with E-state index in [0.29, 0.717) is 33.4 Å². The van der Waals surface area contributed by atoms with Crippen molar-refractivity contribution < 1.29 is 14.3 Å². The van der Waals surface area contributed by atoms with E-state index >= 15 is 0 Å². The maximum atomic E-state index is 13.4. The zero-order chi connectivity index (χ0) is 21.3. The van der Waals surface area contributed by atoms with E-state index in [1.54, 1.807) is 29.2 Å². The Morgan fingerprint density at radius 2 is 1.79 bits per heavy atom. The minimum atomic E-state index is -1.03. The minimum Gasteiger partial charge on any atom is -0.355 e. The van der Waals surface area contributed by atoms with Crippen molar-refractivity contribution in [2.75, 3.05) is 11.4 Å². The van der Waals surface area contributed by atoms with Gasteiger partial charge < -0.3 is 9.64 Å². The zero-order valence-corrected chi connectivity index (χ0v) is 18.7. The van der Waals surface area contributed by atoms with E-state index in [9.17, 15) is 9.59 Å². The minimum absolute atomic E-state index is 0.188. The molecule has 1 aliphatic rings. The van der Waals surface area contributed by atoms with Crippen LogP contribution in [-0.4, -0.2) is 23.8 Å². The third kappa shape index (κ3) is 5.13. The van der Waals surface area contributed by atoms with Crippen molar-refractivity contribution in [2.24, 2.45) is 5.41 Å². The van der Waals surface area contributed by atoms with Gasteiger partial charge in [-0.3, -0.25) is 9.59 Å². The van der Waals surface area contributed by atoms with Crippen LogP contribution in [0.25, 0.3) is 0 Å². The number of rotatable bonds is 4. The molecule has 1 aliphatic heterocycles. The van der Waals surface area contributed by atoms with E-state index in [2.05, 4.69) is 0 Å². The number of amides is 1. The summed E-state index contributed by atoms with van der Waals surface area (Å²) in [4.78, 5) is 26.7. The van der Waals surface area contributed by atoms with Gasteiger partial charge in [0.1, 0.15) is 12.2 Å². The van der Waals surface area contributed by atoms with Gasteiger partial charge in [0.15, 0.2) is 0 Å². The van der Waals surface area contributed by atoms with Crippen molar-refractivity contribution in [2.45, 2.75) is 39.4 Å². The molecule has 1 heterocycles. The lowest BCUT2D eigenvalue weighted by molar-refractivity contribution is -0.135. The molecule has 0 saturated heterocycles. The molecule has 2 aromatic rings. The van der Waals surface area contributed by atoms with Crippen molar-refractivity contribution in [3.63, 3.8) is 0 Å². The summed E-state index contributed by atoms with van der Waals surface area (Å²) >= 11 is 18.4. The number of anilines is 1. The standard InChI is InChI=1S/C22H22Cl3NO3/c1-22(2,3)12-26-17-9-8-13(23)10-15(17)20(14-6-4-5-7-16(14)24)29-18(21(26)28)11-19(25)27/h4-10,18,20H,11-12H2,1-3H3/t18-,20-/m0/s1. The molecule has 154 valence electrons. The molecule has 4 nitrogen and oxygen atoms in total. The van der Waals surface area contributed by atoms with Gasteiger partial charge in [0.2, 0.25) is 5.24 Å². The summed E-state index contributed by atoms with van der Waals surface area (Å²) in [5.74, 6) is -0.313. The van der Waals surface area contributed by atoms with Gasteiger partial charge in [-0.2, -0.15) is 0 Å². The molecule has 7 heteroatoms. The second kappa shape index (κ2) is 8.65. The van der Waals surface area contributed by atoms with Gasteiger partial charge in [0, 0.05) is 33.4 Å². The number of hydrogen-bond acceptors (Lipinski definition) is 3. The van der Waals surface area contributed by atoms with Gasteiger partial charge in [-0.1, -0.05) is 62.2 Å². The summed E-state index contributed by atoms with van der Waals surface area (Å²) in [5, 5.41) is 0.372. The average Bonchev–Trinajstić information content (AvgIpc) is 2.71. The van der Waals surface area contributed by atoms with Crippen LogP contribution in [0.3, 0.4) is 0 Å². The fraction of sp³-hybridized carbons (Fsp3) is 0.364. The molecule has 3 rings (SSSR count). The molecule has 0 unspecified atom stereocenters. The normalized spacial score (nSPS) is 19.7. The highest BCUT2D eigenvalue weighted by Crippen LogP contribution is 2.42. The summed E-state index contributed by atoms with van der Waals surface area (Å²) in [5.41, 5.74) is 1.90. The number of fused-ring (bicyclic) bond motifs is 1. The Morgan fingerprint density at radius 3 is 2.41 bits per heavy atom. The Kier molecular flexibility index (Phi) is 6.59. The van der Waals surface area contributed by atoms with Crippen molar-refractivity contribution in [3.8, 4) is 0 Å². The largest absolute Gasteiger partial charge is 0.355 e. The smallest absolute Gasteiger partial charge is 0.256 e. The Balaban J connectivity index is 2.22. The molecule has 0 aromatic heterocycles. The number of carbonyl (C=O) groups excluding carboxylic acids is 2. The SMILES string of the molecule is CC(C)(C)CN1C(=O)[C@H](CC(=O)Cl)O[C@@H](c2ccccc2Cl)c2cc(Cl)ccc21. The van der Waals surface area contributed by atoms with Crippen LogP contribution in [0.4, 0.5) is 5.69 Å². The van der Waals surface area contributed by atoms with E-state index in [1.165, 1.54) is 0 Å². The van der Waals surface area contributed by atoms with Crippen LogP contribution in [0, 0.1) is 5.41 Å². The molecule has 29 heavy (non-hydrogen) atoms. The summed E-state index contributed by atoms with van der Waals surface area (Å²) in [6, 6.07) is 12.6. The Bertz CT molecular complexity index is 939. The second-order valence-electron chi connectivity index (χ2n) is 8.27. The number of ether oxygens (including phenoxy) is 1. The lowest BCUT2D eigenvalue weighted by Crippen LogP contribution is -2.44. The molecule has 0 fully saturated rings. The number of benzene rings is 2. The number of carbonyl (C=O) groups is 2. The Hall–Kier alpha value is -1.59. The topological polar surface area (TPSA) is 46.6 Å². The highest BCUT2D eigenvalue weighted by molar-refractivity contribution is 6.63. The summed E-state index contributed by atoms with van der Waals surface area (Å²) in [6.45, 7) is 6.55. The van der Waals surface area contributed by atoms with Crippen molar-refractivity contribution in [1.82, 2.24) is 0 Å². The predicted octanol–water partition coefficient (Wildman–Crippen LogP) is 6.02. The molecular weight excluding hydrogens is 433 g/mol. The van der Waals surface area contributed by atoms with Crippen LogP contribution >= 0.6 is 34.8 Å². The summed E-state index contributed by atoms with van der Waals surface area (Å²) in [6.07, 6.45) is -1.94. The first kappa shape index (κ1) is 22.1. The lowest BCUT2D eigenvalue weighted by Gasteiger charge is -2.31. The molecule has 0 radical (unpaired) electrons. The van der Waals surface area contributed by atoms with Crippen LogP contribution in [0.1, 0.15) is 44.4 Å². The van der Waals surface area contributed by atoms with Gasteiger partial charge in [-0.25, -0.2) is 0 Å². The van der Waals surface area contributed by atoms with Crippen LogP contribution in [0.5, 0.6) is 0 Å². The molecule has 0 bridgehead atoms. The fourth-order valence-corrected chi connectivity index (χ4v) is 3.97. The lowest BCUT2D eigenvalue weighted by atomic mass is 9.94. The molecule has 0 spiro atoms. The van der Waals surface area contributed by atoms with Gasteiger partial charge in [-0.05, 0) is 41.3 Å². The molecular formula is C22H22Cl3NO3.